The Morgan fingerprint density at radius 2 is 2.00 bits per heavy atom. The highest BCUT2D eigenvalue weighted by Crippen LogP contribution is 2.08. The number of nitrogens with one attached hydrogen (secondary N) is 1. The molecule has 0 aliphatic rings. The van der Waals surface area contributed by atoms with E-state index in [1.807, 2.05) is 13.8 Å². The predicted octanol–water partition coefficient (Wildman–Crippen LogP) is 0.287. The van der Waals surface area contributed by atoms with Crippen molar-refractivity contribution in [2.75, 3.05) is 19.7 Å². The van der Waals surface area contributed by atoms with Crippen molar-refractivity contribution in [3.05, 3.63) is 0 Å². The van der Waals surface area contributed by atoms with Crippen LogP contribution in [0.15, 0.2) is 0 Å². The van der Waals surface area contributed by atoms with Gasteiger partial charge in [-0.05, 0) is 12.8 Å². The van der Waals surface area contributed by atoms with Gasteiger partial charge in [0, 0.05) is 13.1 Å². The second-order valence-electron chi connectivity index (χ2n) is 3.93. The number of hydrogen-bond donors (Lipinski definition) is 2. The quantitative estimate of drug-likeness (QED) is 0.616. The Kier molecular flexibility index (Phi) is 7.54. The first-order chi connectivity index (χ1) is 7.52. The van der Waals surface area contributed by atoms with Gasteiger partial charge in [0.15, 0.2) is 0 Å². The van der Waals surface area contributed by atoms with Gasteiger partial charge in [-0.2, -0.15) is 0 Å². The van der Waals surface area contributed by atoms with Gasteiger partial charge < -0.3 is 15.8 Å². The molecule has 0 fully saturated rings. The molecule has 0 saturated heterocycles. The Hall–Kier alpha value is -1.10. The SMILES string of the molecule is CCOC(=O)CCNC(=O)C(CN)C(C)C. The minimum atomic E-state index is -0.295. The molecule has 16 heavy (non-hydrogen) atoms. The molecule has 0 aromatic carbocycles. The molecule has 94 valence electrons. The van der Waals surface area contributed by atoms with E-state index < -0.39 is 0 Å². The molecule has 0 bridgehead atoms. The van der Waals surface area contributed by atoms with Gasteiger partial charge in [-0.3, -0.25) is 9.59 Å². The van der Waals surface area contributed by atoms with Crippen molar-refractivity contribution in [1.82, 2.24) is 5.32 Å². The Labute approximate surface area is 96.7 Å². The number of hydrogen-bond acceptors (Lipinski definition) is 4. The van der Waals surface area contributed by atoms with E-state index >= 15 is 0 Å². The summed E-state index contributed by atoms with van der Waals surface area (Å²) in [5, 5.41) is 2.68. The van der Waals surface area contributed by atoms with Gasteiger partial charge >= 0.3 is 5.97 Å². The number of rotatable bonds is 7. The fourth-order valence-electron chi connectivity index (χ4n) is 1.33. The van der Waals surface area contributed by atoms with E-state index in [4.69, 9.17) is 10.5 Å². The maximum Gasteiger partial charge on any atom is 0.307 e. The summed E-state index contributed by atoms with van der Waals surface area (Å²) < 4.78 is 4.74. The Balaban J connectivity index is 3.84. The van der Waals surface area contributed by atoms with Gasteiger partial charge in [-0.1, -0.05) is 13.8 Å². The molecule has 0 aromatic rings. The third-order valence-electron chi connectivity index (χ3n) is 2.33. The second-order valence-corrected chi connectivity index (χ2v) is 3.93. The van der Waals surface area contributed by atoms with Gasteiger partial charge in [-0.15, -0.1) is 0 Å². The lowest BCUT2D eigenvalue weighted by Gasteiger charge is -2.17. The summed E-state index contributed by atoms with van der Waals surface area (Å²) in [6.07, 6.45) is 0.203. The topological polar surface area (TPSA) is 81.4 Å². The molecule has 1 unspecified atom stereocenters. The van der Waals surface area contributed by atoms with Crippen LogP contribution in [0.2, 0.25) is 0 Å². The summed E-state index contributed by atoms with van der Waals surface area (Å²) in [6, 6.07) is 0. The van der Waals surface area contributed by atoms with Crippen molar-refractivity contribution in [3.63, 3.8) is 0 Å². The molecule has 5 heteroatoms. The van der Waals surface area contributed by atoms with Crippen molar-refractivity contribution < 1.29 is 14.3 Å². The van der Waals surface area contributed by atoms with E-state index in [9.17, 15) is 9.59 Å². The zero-order valence-electron chi connectivity index (χ0n) is 10.3. The molecule has 1 amide bonds. The maximum atomic E-state index is 11.6. The standard InChI is InChI=1S/C11H22N2O3/c1-4-16-10(14)5-6-13-11(15)9(7-12)8(2)3/h8-9H,4-7,12H2,1-3H3,(H,13,15). The lowest BCUT2D eigenvalue weighted by atomic mass is 9.95. The molecule has 3 N–H and O–H groups in total. The summed E-state index contributed by atoms with van der Waals surface area (Å²) in [5.74, 6) is -0.381. The first-order valence-electron chi connectivity index (χ1n) is 5.66. The van der Waals surface area contributed by atoms with Crippen molar-refractivity contribution in [3.8, 4) is 0 Å². The Morgan fingerprint density at radius 3 is 2.44 bits per heavy atom. The molecular weight excluding hydrogens is 208 g/mol. The second kappa shape index (κ2) is 8.10. The number of ether oxygens (including phenoxy) is 1. The van der Waals surface area contributed by atoms with E-state index in [-0.39, 0.29) is 30.1 Å². The van der Waals surface area contributed by atoms with Crippen LogP contribution < -0.4 is 11.1 Å². The molecule has 0 heterocycles. The fourth-order valence-corrected chi connectivity index (χ4v) is 1.33. The molecule has 0 aliphatic heterocycles. The molecule has 0 aromatic heterocycles. The first kappa shape index (κ1) is 14.9. The smallest absolute Gasteiger partial charge is 0.307 e. The average molecular weight is 230 g/mol. The largest absolute Gasteiger partial charge is 0.466 e. The minimum Gasteiger partial charge on any atom is -0.466 e. The number of carbonyl (C=O) groups excluding carboxylic acids is 2. The van der Waals surface area contributed by atoms with Crippen LogP contribution in [0.4, 0.5) is 0 Å². The summed E-state index contributed by atoms with van der Waals surface area (Å²) in [7, 11) is 0. The zero-order chi connectivity index (χ0) is 12.6. The molecule has 1 atom stereocenters. The summed E-state index contributed by atoms with van der Waals surface area (Å²) in [4.78, 5) is 22.6. The molecule has 0 radical (unpaired) electrons. The highest BCUT2D eigenvalue weighted by Gasteiger charge is 2.19. The monoisotopic (exact) mass is 230 g/mol. The van der Waals surface area contributed by atoms with E-state index in [0.717, 1.165) is 0 Å². The maximum absolute atomic E-state index is 11.6. The average Bonchev–Trinajstić information content (AvgIpc) is 2.18. The first-order valence-corrected chi connectivity index (χ1v) is 5.66. The lowest BCUT2D eigenvalue weighted by Crippen LogP contribution is -2.38. The van der Waals surface area contributed by atoms with Crippen molar-refractivity contribution in [2.24, 2.45) is 17.6 Å². The van der Waals surface area contributed by atoms with Crippen LogP contribution in [0.25, 0.3) is 0 Å². The third kappa shape index (κ3) is 5.70. The summed E-state index contributed by atoms with van der Waals surface area (Å²) in [6.45, 7) is 6.64. The third-order valence-corrected chi connectivity index (χ3v) is 2.33. The Bertz CT molecular complexity index is 229. The normalized spacial score (nSPS) is 12.3. The van der Waals surface area contributed by atoms with Crippen LogP contribution in [0.1, 0.15) is 27.2 Å². The van der Waals surface area contributed by atoms with Gasteiger partial charge in [-0.25, -0.2) is 0 Å². The van der Waals surface area contributed by atoms with E-state index in [1.54, 1.807) is 6.92 Å². The Morgan fingerprint density at radius 1 is 1.38 bits per heavy atom. The molecule has 5 nitrogen and oxygen atoms in total. The highest BCUT2D eigenvalue weighted by molar-refractivity contribution is 5.79. The number of carbonyl (C=O) groups is 2. The van der Waals surface area contributed by atoms with Crippen molar-refractivity contribution in [2.45, 2.75) is 27.2 Å². The predicted molar refractivity (Wildman–Crippen MR) is 61.6 cm³/mol. The van der Waals surface area contributed by atoms with E-state index in [1.165, 1.54) is 0 Å². The lowest BCUT2D eigenvalue weighted by molar-refractivity contribution is -0.143. The van der Waals surface area contributed by atoms with Crippen LogP contribution in [-0.2, 0) is 14.3 Å². The van der Waals surface area contributed by atoms with Crippen LogP contribution in [-0.4, -0.2) is 31.6 Å². The van der Waals surface area contributed by atoms with Crippen LogP contribution in [0.3, 0.4) is 0 Å². The number of nitrogens with two attached hydrogens (primary N) is 1. The fraction of sp³-hybridized carbons (Fsp3) is 0.818. The van der Waals surface area contributed by atoms with E-state index in [0.29, 0.717) is 19.7 Å². The van der Waals surface area contributed by atoms with Crippen molar-refractivity contribution >= 4 is 11.9 Å². The van der Waals surface area contributed by atoms with E-state index in [2.05, 4.69) is 5.32 Å². The number of esters is 1. The number of amides is 1. The molecule has 0 saturated carbocycles. The van der Waals surface area contributed by atoms with Crippen LogP contribution in [0, 0.1) is 11.8 Å². The van der Waals surface area contributed by atoms with Crippen LogP contribution >= 0.6 is 0 Å². The summed E-state index contributed by atoms with van der Waals surface area (Å²) in [5.41, 5.74) is 5.50. The van der Waals surface area contributed by atoms with Gasteiger partial charge in [0.1, 0.15) is 0 Å². The van der Waals surface area contributed by atoms with Crippen LogP contribution in [0.5, 0.6) is 0 Å². The molecule has 0 rings (SSSR count). The highest BCUT2D eigenvalue weighted by atomic mass is 16.5. The van der Waals surface area contributed by atoms with Gasteiger partial charge in [0.05, 0.1) is 18.9 Å². The molecular formula is C11H22N2O3. The van der Waals surface area contributed by atoms with Crippen molar-refractivity contribution in [1.29, 1.82) is 0 Å². The van der Waals surface area contributed by atoms with Gasteiger partial charge in [0.25, 0.3) is 0 Å². The summed E-state index contributed by atoms with van der Waals surface area (Å²) >= 11 is 0. The van der Waals surface area contributed by atoms with Gasteiger partial charge in [0.2, 0.25) is 5.91 Å². The zero-order valence-corrected chi connectivity index (χ0v) is 10.3. The molecule has 0 spiro atoms. The molecule has 0 aliphatic carbocycles. The minimum absolute atomic E-state index is 0.0956.